The fourth-order valence-corrected chi connectivity index (χ4v) is 2.33. The maximum atomic E-state index is 5.95. The number of hydrogen-bond donors (Lipinski definition) is 1. The normalized spacial score (nSPS) is 10.4. The van der Waals surface area contributed by atoms with E-state index in [0.29, 0.717) is 16.0 Å². The maximum Gasteiger partial charge on any atom is 0.249 e. The van der Waals surface area contributed by atoms with E-state index in [-0.39, 0.29) is 0 Å². The molecular weight excluding hydrogens is 297 g/mol. The molecule has 1 aromatic heterocycles. The van der Waals surface area contributed by atoms with E-state index in [1.165, 1.54) is 0 Å². The SMILES string of the molecule is CCN(CC)c1cnnc(Nc2cc(Cl)cc(Cl)c2)n1. The standard InChI is InChI=1S/C13H15Cl2N5/c1-3-20(4-2)12-8-16-19-13(18-12)17-11-6-9(14)5-10(15)7-11/h5-8H,3-4H2,1-2H3,(H,17,18,19). The van der Waals surface area contributed by atoms with Crippen molar-refractivity contribution < 1.29 is 0 Å². The van der Waals surface area contributed by atoms with Gasteiger partial charge in [-0.2, -0.15) is 10.1 Å². The summed E-state index contributed by atoms with van der Waals surface area (Å²) in [6.07, 6.45) is 1.64. The second-order valence-electron chi connectivity index (χ2n) is 4.09. The van der Waals surface area contributed by atoms with Gasteiger partial charge in [-0.15, -0.1) is 5.10 Å². The average Bonchev–Trinajstić information content (AvgIpc) is 2.39. The minimum atomic E-state index is 0.410. The zero-order chi connectivity index (χ0) is 14.5. The van der Waals surface area contributed by atoms with Crippen LogP contribution in [0.1, 0.15) is 13.8 Å². The van der Waals surface area contributed by atoms with E-state index in [1.54, 1.807) is 24.4 Å². The van der Waals surface area contributed by atoms with Crippen molar-refractivity contribution in [2.24, 2.45) is 0 Å². The molecule has 1 heterocycles. The van der Waals surface area contributed by atoms with Crippen molar-refractivity contribution in [1.29, 1.82) is 0 Å². The quantitative estimate of drug-likeness (QED) is 0.911. The van der Waals surface area contributed by atoms with Crippen molar-refractivity contribution in [3.05, 3.63) is 34.4 Å². The molecule has 106 valence electrons. The number of anilines is 3. The number of nitrogens with zero attached hydrogens (tertiary/aromatic N) is 4. The lowest BCUT2D eigenvalue weighted by Crippen LogP contribution is -2.23. The summed E-state index contributed by atoms with van der Waals surface area (Å²) >= 11 is 11.9. The smallest absolute Gasteiger partial charge is 0.249 e. The Morgan fingerprint density at radius 2 is 1.75 bits per heavy atom. The Hall–Kier alpha value is -1.59. The van der Waals surface area contributed by atoms with Crippen LogP contribution in [0.3, 0.4) is 0 Å². The van der Waals surface area contributed by atoms with Gasteiger partial charge in [-0.1, -0.05) is 23.2 Å². The topological polar surface area (TPSA) is 53.9 Å². The molecule has 0 aliphatic heterocycles. The first-order chi connectivity index (χ1) is 9.62. The number of halogens is 2. The van der Waals surface area contributed by atoms with Gasteiger partial charge in [0.1, 0.15) is 0 Å². The van der Waals surface area contributed by atoms with Crippen molar-refractivity contribution in [2.75, 3.05) is 23.3 Å². The zero-order valence-corrected chi connectivity index (χ0v) is 12.8. The minimum absolute atomic E-state index is 0.410. The first-order valence-corrected chi connectivity index (χ1v) is 7.05. The van der Waals surface area contributed by atoms with Crippen LogP contribution in [-0.2, 0) is 0 Å². The molecule has 0 amide bonds. The van der Waals surface area contributed by atoms with Crippen molar-refractivity contribution in [3.63, 3.8) is 0 Å². The second kappa shape index (κ2) is 6.72. The number of rotatable bonds is 5. The molecule has 1 aromatic carbocycles. The molecule has 0 radical (unpaired) electrons. The Bertz CT molecular complexity index is 566. The molecule has 0 atom stereocenters. The molecular formula is C13H15Cl2N5. The molecule has 0 unspecified atom stereocenters. The highest BCUT2D eigenvalue weighted by molar-refractivity contribution is 6.35. The molecule has 0 saturated carbocycles. The van der Waals surface area contributed by atoms with Crippen LogP contribution in [0.2, 0.25) is 10.0 Å². The Labute approximate surface area is 127 Å². The van der Waals surface area contributed by atoms with Gasteiger partial charge in [-0.05, 0) is 32.0 Å². The lowest BCUT2D eigenvalue weighted by atomic mass is 10.3. The van der Waals surface area contributed by atoms with Gasteiger partial charge in [-0.25, -0.2) is 0 Å². The third-order valence-electron chi connectivity index (χ3n) is 2.75. The summed E-state index contributed by atoms with van der Waals surface area (Å²) in [5.41, 5.74) is 0.723. The first kappa shape index (κ1) is 14.8. The Morgan fingerprint density at radius 1 is 1.10 bits per heavy atom. The van der Waals surface area contributed by atoms with Crippen LogP contribution in [0.5, 0.6) is 0 Å². The molecule has 0 fully saturated rings. The highest BCUT2D eigenvalue weighted by Gasteiger charge is 2.07. The summed E-state index contributed by atoms with van der Waals surface area (Å²) in [6, 6.07) is 5.17. The Kier molecular flexibility index (Phi) is 4.98. The molecule has 2 aromatic rings. The van der Waals surface area contributed by atoms with Crippen LogP contribution in [0.15, 0.2) is 24.4 Å². The van der Waals surface area contributed by atoms with Gasteiger partial charge >= 0.3 is 0 Å². The number of nitrogens with one attached hydrogen (secondary N) is 1. The Balaban J connectivity index is 2.23. The fraction of sp³-hybridized carbons (Fsp3) is 0.308. The van der Waals surface area contributed by atoms with E-state index in [4.69, 9.17) is 23.2 Å². The summed E-state index contributed by atoms with van der Waals surface area (Å²) < 4.78 is 0. The molecule has 0 saturated heterocycles. The van der Waals surface area contributed by atoms with Crippen LogP contribution in [0.4, 0.5) is 17.5 Å². The summed E-state index contributed by atoms with van der Waals surface area (Å²) in [5, 5.41) is 12.1. The lowest BCUT2D eigenvalue weighted by molar-refractivity contribution is 0.826. The average molecular weight is 312 g/mol. The van der Waals surface area contributed by atoms with E-state index >= 15 is 0 Å². The molecule has 1 N–H and O–H groups in total. The summed E-state index contributed by atoms with van der Waals surface area (Å²) in [5.74, 6) is 1.19. The summed E-state index contributed by atoms with van der Waals surface area (Å²) in [6.45, 7) is 5.85. The van der Waals surface area contributed by atoms with Gasteiger partial charge in [-0.3, -0.25) is 0 Å². The third kappa shape index (κ3) is 3.71. The van der Waals surface area contributed by atoms with Gasteiger partial charge in [0.15, 0.2) is 5.82 Å². The molecule has 7 heteroatoms. The van der Waals surface area contributed by atoms with Crippen LogP contribution in [0, 0.1) is 0 Å². The predicted octanol–water partition coefficient (Wildman–Crippen LogP) is 3.77. The largest absolute Gasteiger partial charge is 0.356 e. The minimum Gasteiger partial charge on any atom is -0.356 e. The van der Waals surface area contributed by atoms with E-state index in [1.807, 2.05) is 0 Å². The van der Waals surface area contributed by atoms with Gasteiger partial charge in [0.05, 0.1) is 6.20 Å². The number of hydrogen-bond acceptors (Lipinski definition) is 5. The maximum absolute atomic E-state index is 5.95. The molecule has 2 rings (SSSR count). The van der Waals surface area contributed by atoms with Crippen LogP contribution < -0.4 is 10.2 Å². The van der Waals surface area contributed by atoms with Crippen molar-refractivity contribution >= 4 is 40.7 Å². The molecule has 20 heavy (non-hydrogen) atoms. The van der Waals surface area contributed by atoms with Gasteiger partial charge < -0.3 is 10.2 Å². The first-order valence-electron chi connectivity index (χ1n) is 6.30. The monoisotopic (exact) mass is 311 g/mol. The van der Waals surface area contributed by atoms with Gasteiger partial charge in [0.2, 0.25) is 5.95 Å². The molecule has 5 nitrogen and oxygen atoms in total. The van der Waals surface area contributed by atoms with Crippen LogP contribution >= 0.6 is 23.2 Å². The van der Waals surface area contributed by atoms with E-state index < -0.39 is 0 Å². The molecule has 0 bridgehead atoms. The number of benzene rings is 1. The molecule has 0 aliphatic carbocycles. The van der Waals surface area contributed by atoms with E-state index in [9.17, 15) is 0 Å². The number of aromatic nitrogens is 3. The van der Waals surface area contributed by atoms with Crippen LogP contribution in [-0.4, -0.2) is 28.3 Å². The van der Waals surface area contributed by atoms with Crippen molar-refractivity contribution in [2.45, 2.75) is 13.8 Å². The Morgan fingerprint density at radius 3 is 2.35 bits per heavy atom. The zero-order valence-electron chi connectivity index (χ0n) is 11.3. The van der Waals surface area contributed by atoms with Gasteiger partial charge in [0, 0.05) is 28.8 Å². The highest BCUT2D eigenvalue weighted by Crippen LogP contribution is 2.24. The lowest BCUT2D eigenvalue weighted by Gasteiger charge is -2.19. The van der Waals surface area contributed by atoms with Crippen molar-refractivity contribution in [1.82, 2.24) is 15.2 Å². The second-order valence-corrected chi connectivity index (χ2v) is 4.97. The van der Waals surface area contributed by atoms with Crippen molar-refractivity contribution in [3.8, 4) is 0 Å². The molecule has 0 aliphatic rings. The third-order valence-corrected chi connectivity index (χ3v) is 3.19. The fourth-order valence-electron chi connectivity index (χ4n) is 1.80. The van der Waals surface area contributed by atoms with Gasteiger partial charge in [0.25, 0.3) is 0 Å². The highest BCUT2D eigenvalue weighted by atomic mass is 35.5. The molecule has 0 spiro atoms. The summed E-state index contributed by atoms with van der Waals surface area (Å²) in [4.78, 5) is 6.51. The van der Waals surface area contributed by atoms with E-state index in [0.717, 1.165) is 24.6 Å². The van der Waals surface area contributed by atoms with E-state index in [2.05, 4.69) is 39.2 Å². The summed E-state index contributed by atoms with van der Waals surface area (Å²) in [7, 11) is 0. The van der Waals surface area contributed by atoms with Crippen LogP contribution in [0.25, 0.3) is 0 Å². The predicted molar refractivity (Wildman–Crippen MR) is 83.1 cm³/mol.